The molecule has 2 amide bonds. The van der Waals surface area contributed by atoms with E-state index in [4.69, 9.17) is 15.0 Å². The maximum atomic E-state index is 11.5. The highest BCUT2D eigenvalue weighted by molar-refractivity contribution is 6.76. The number of rotatable bonds is 8. The van der Waals surface area contributed by atoms with Gasteiger partial charge < -0.3 is 25.2 Å². The Morgan fingerprint density at radius 1 is 1.23 bits per heavy atom. The highest BCUT2D eigenvalue weighted by Gasteiger charge is 2.46. The molecule has 5 atom stereocenters. The van der Waals surface area contributed by atoms with Crippen molar-refractivity contribution in [2.45, 2.75) is 70.1 Å². The van der Waals surface area contributed by atoms with Crippen LogP contribution in [0.4, 0.5) is 0 Å². The Kier molecular flexibility index (Phi) is 8.51. The predicted octanol–water partition coefficient (Wildman–Crippen LogP) is 0.747. The number of amides is 2. The largest absolute Gasteiger partial charge is 0.389 e. The van der Waals surface area contributed by atoms with Crippen LogP contribution in [0.3, 0.4) is 0 Å². The Bertz CT molecular complexity index is 549. The van der Waals surface area contributed by atoms with Crippen LogP contribution in [0.5, 0.6) is 0 Å². The third-order valence-corrected chi connectivity index (χ3v) is 5.64. The molecular weight excluding hydrogens is 358 g/mol. The van der Waals surface area contributed by atoms with Gasteiger partial charge in [-0.2, -0.15) is 0 Å². The molecule has 1 saturated heterocycles. The molecule has 0 radical (unpaired) electrons. The summed E-state index contributed by atoms with van der Waals surface area (Å²) in [5.74, 6) is -0.727. The fraction of sp³-hybridized carbons (Fsp3) is 0.867. The van der Waals surface area contributed by atoms with E-state index in [9.17, 15) is 14.7 Å². The molecule has 1 rings (SSSR count). The number of aliphatic hydroxyl groups excluding tert-OH is 1. The third kappa shape index (κ3) is 7.30. The number of azide groups is 1. The molecule has 0 saturated carbocycles. The number of aliphatic hydroxyl groups is 1. The Labute approximate surface area is 154 Å². The lowest BCUT2D eigenvalue weighted by atomic mass is 9.93. The molecule has 11 heteroatoms. The Balaban J connectivity index is 2.98. The molecular formula is C15H29N5O5Si. The average Bonchev–Trinajstić information content (AvgIpc) is 2.50. The minimum Gasteiger partial charge on any atom is -0.389 e. The summed E-state index contributed by atoms with van der Waals surface area (Å²) < 4.78 is 11.6. The monoisotopic (exact) mass is 387 g/mol. The standard InChI is InChI=1S/C15H29N5O5Si/c1-9(21)18-12-11(8-17-20-16)25-15(24-6-7-26(3,4)5)13(14(12)23)19-10(2)22/h11-15,23H,6-8H2,1-5H3,(H,18,21)(H,19,22)/t11-,12-,13+,14+,15?/m1/s1. The summed E-state index contributed by atoms with van der Waals surface area (Å²) in [5.41, 5.74) is 8.57. The number of hydrogen-bond donors (Lipinski definition) is 3. The van der Waals surface area contributed by atoms with Gasteiger partial charge in [0.15, 0.2) is 6.29 Å². The van der Waals surface area contributed by atoms with E-state index in [0.29, 0.717) is 6.61 Å². The zero-order valence-corrected chi connectivity index (χ0v) is 16.9. The summed E-state index contributed by atoms with van der Waals surface area (Å²) in [4.78, 5) is 25.7. The second-order valence-corrected chi connectivity index (χ2v) is 13.2. The van der Waals surface area contributed by atoms with Crippen LogP contribution in [0.25, 0.3) is 10.4 Å². The molecule has 0 aromatic carbocycles. The van der Waals surface area contributed by atoms with Crippen LogP contribution in [-0.2, 0) is 19.1 Å². The summed E-state index contributed by atoms with van der Waals surface area (Å²) in [6.07, 6.45) is -2.84. The van der Waals surface area contributed by atoms with Crippen molar-refractivity contribution < 1.29 is 24.2 Å². The first-order valence-corrected chi connectivity index (χ1v) is 12.3. The summed E-state index contributed by atoms with van der Waals surface area (Å²) in [6.45, 7) is 9.58. The molecule has 10 nitrogen and oxygen atoms in total. The normalized spacial score (nSPS) is 28.8. The van der Waals surface area contributed by atoms with Gasteiger partial charge >= 0.3 is 0 Å². The maximum absolute atomic E-state index is 11.5. The van der Waals surface area contributed by atoms with Gasteiger partial charge in [-0.3, -0.25) is 9.59 Å². The van der Waals surface area contributed by atoms with Crippen molar-refractivity contribution in [2.75, 3.05) is 13.2 Å². The third-order valence-electron chi connectivity index (χ3n) is 3.94. The first-order valence-electron chi connectivity index (χ1n) is 8.55. The fourth-order valence-corrected chi connectivity index (χ4v) is 3.38. The molecule has 0 spiro atoms. The molecule has 0 aromatic heterocycles. The van der Waals surface area contributed by atoms with Gasteiger partial charge in [0, 0.05) is 33.4 Å². The molecule has 0 bridgehead atoms. The van der Waals surface area contributed by atoms with Gasteiger partial charge in [0.1, 0.15) is 12.1 Å². The molecule has 1 unspecified atom stereocenters. The lowest BCUT2D eigenvalue weighted by Gasteiger charge is -2.44. The first kappa shape index (κ1) is 22.4. The first-order chi connectivity index (χ1) is 12.0. The molecule has 0 aromatic rings. The van der Waals surface area contributed by atoms with E-state index in [1.165, 1.54) is 13.8 Å². The molecule has 0 aliphatic carbocycles. The van der Waals surface area contributed by atoms with Gasteiger partial charge in [0.25, 0.3) is 0 Å². The van der Waals surface area contributed by atoms with Gasteiger partial charge in [0.05, 0.1) is 18.7 Å². The van der Waals surface area contributed by atoms with Crippen molar-refractivity contribution in [1.82, 2.24) is 10.6 Å². The van der Waals surface area contributed by atoms with Crippen molar-refractivity contribution in [1.29, 1.82) is 0 Å². The number of hydrogen-bond acceptors (Lipinski definition) is 6. The van der Waals surface area contributed by atoms with Gasteiger partial charge in [0.2, 0.25) is 11.8 Å². The minimum absolute atomic E-state index is 0.0841. The fourth-order valence-electron chi connectivity index (χ4n) is 2.64. The Morgan fingerprint density at radius 2 is 1.81 bits per heavy atom. The van der Waals surface area contributed by atoms with Crippen molar-refractivity contribution in [3.05, 3.63) is 10.4 Å². The van der Waals surface area contributed by atoms with Gasteiger partial charge in [-0.05, 0) is 11.6 Å². The van der Waals surface area contributed by atoms with Crippen LogP contribution in [0.2, 0.25) is 25.7 Å². The van der Waals surface area contributed by atoms with E-state index in [2.05, 4.69) is 40.3 Å². The van der Waals surface area contributed by atoms with Crippen LogP contribution < -0.4 is 10.6 Å². The van der Waals surface area contributed by atoms with Crippen molar-refractivity contribution in [2.24, 2.45) is 5.11 Å². The van der Waals surface area contributed by atoms with E-state index in [1.54, 1.807) is 0 Å². The minimum atomic E-state index is -1.34. The molecule has 1 fully saturated rings. The Morgan fingerprint density at radius 3 is 2.31 bits per heavy atom. The van der Waals surface area contributed by atoms with E-state index in [-0.39, 0.29) is 18.4 Å². The summed E-state index contributed by atoms with van der Waals surface area (Å²) >= 11 is 0. The van der Waals surface area contributed by atoms with Crippen LogP contribution in [0.15, 0.2) is 5.11 Å². The predicted molar refractivity (Wildman–Crippen MR) is 98.0 cm³/mol. The highest BCUT2D eigenvalue weighted by Crippen LogP contribution is 2.24. The molecule has 1 aliphatic rings. The van der Waals surface area contributed by atoms with E-state index in [0.717, 1.165) is 6.04 Å². The average molecular weight is 388 g/mol. The van der Waals surface area contributed by atoms with Gasteiger partial charge in [-0.1, -0.05) is 24.8 Å². The van der Waals surface area contributed by atoms with Crippen molar-refractivity contribution in [3.8, 4) is 0 Å². The van der Waals surface area contributed by atoms with Crippen molar-refractivity contribution >= 4 is 19.9 Å². The topological polar surface area (TPSA) is 146 Å². The smallest absolute Gasteiger partial charge is 0.217 e. The summed E-state index contributed by atoms with van der Waals surface area (Å²) in [6, 6.07) is -0.814. The number of nitrogens with one attached hydrogen (secondary N) is 2. The number of carbonyl (C=O) groups is 2. The molecule has 1 heterocycles. The number of ether oxygens (including phenoxy) is 2. The molecule has 3 N–H and O–H groups in total. The zero-order valence-electron chi connectivity index (χ0n) is 15.9. The lowest BCUT2D eigenvalue weighted by Crippen LogP contribution is -2.68. The van der Waals surface area contributed by atoms with Gasteiger partial charge in [-0.15, -0.1) is 0 Å². The maximum Gasteiger partial charge on any atom is 0.217 e. The van der Waals surface area contributed by atoms with E-state index >= 15 is 0 Å². The highest BCUT2D eigenvalue weighted by atomic mass is 28.3. The summed E-state index contributed by atoms with van der Waals surface area (Å²) in [7, 11) is -1.34. The zero-order chi connectivity index (χ0) is 19.9. The van der Waals surface area contributed by atoms with Gasteiger partial charge in [-0.25, -0.2) is 0 Å². The van der Waals surface area contributed by atoms with Crippen LogP contribution in [-0.4, -0.2) is 68.7 Å². The SMILES string of the molecule is CC(=O)N[C@H]1[C@H](O)[C@H](NC(C)=O)C(OCC[Si](C)(C)C)O[C@@H]1CN=[N+]=[N-]. The second-order valence-electron chi connectivity index (χ2n) is 7.58. The van der Waals surface area contributed by atoms with E-state index < -0.39 is 38.7 Å². The lowest BCUT2D eigenvalue weighted by molar-refractivity contribution is -0.236. The quantitative estimate of drug-likeness (QED) is 0.243. The molecule has 26 heavy (non-hydrogen) atoms. The molecule has 1 aliphatic heterocycles. The van der Waals surface area contributed by atoms with E-state index in [1.807, 2.05) is 0 Å². The number of nitrogens with zero attached hydrogens (tertiary/aromatic N) is 3. The Hall–Kier alpha value is -1.65. The second kappa shape index (κ2) is 9.88. The number of carbonyl (C=O) groups excluding carboxylic acids is 2. The van der Waals surface area contributed by atoms with Crippen LogP contribution >= 0.6 is 0 Å². The summed E-state index contributed by atoms with van der Waals surface area (Å²) in [5, 5.41) is 19.4. The molecule has 148 valence electrons. The van der Waals surface area contributed by atoms with Crippen molar-refractivity contribution in [3.63, 3.8) is 0 Å². The van der Waals surface area contributed by atoms with Crippen LogP contribution in [0, 0.1) is 0 Å². The van der Waals surface area contributed by atoms with Crippen LogP contribution in [0.1, 0.15) is 13.8 Å².